The SMILES string of the molecule is C=C/C=C\C(=C/C)c1n(CCCC)c(-c2ccccc2)c(C)[n+]1/C=C/CC. The van der Waals surface area contributed by atoms with Crippen LogP contribution in [0.4, 0.5) is 0 Å². The maximum Gasteiger partial charge on any atom is 0.293 e. The lowest BCUT2D eigenvalue weighted by atomic mass is 10.1. The molecular formula is C25H33N2+. The molecule has 2 heteroatoms. The molecule has 0 N–H and O–H groups in total. The largest absolute Gasteiger partial charge is 0.293 e. The number of nitrogens with zero attached hydrogens (tertiary/aromatic N) is 2. The van der Waals surface area contributed by atoms with Crippen LogP contribution in [0.25, 0.3) is 23.0 Å². The summed E-state index contributed by atoms with van der Waals surface area (Å²) in [6.07, 6.45) is 15.9. The Morgan fingerprint density at radius 3 is 2.52 bits per heavy atom. The number of imidazole rings is 1. The lowest BCUT2D eigenvalue weighted by Gasteiger charge is -2.06. The number of unbranched alkanes of at least 4 members (excludes halogenated alkanes) is 1. The molecule has 0 radical (unpaired) electrons. The van der Waals surface area contributed by atoms with Gasteiger partial charge >= 0.3 is 0 Å². The molecule has 2 aromatic rings. The molecule has 0 saturated carbocycles. The van der Waals surface area contributed by atoms with Crippen LogP contribution in [0.3, 0.4) is 0 Å². The Kier molecular flexibility index (Phi) is 8.06. The lowest BCUT2D eigenvalue weighted by molar-refractivity contribution is -0.577. The van der Waals surface area contributed by atoms with Crippen LogP contribution < -0.4 is 4.57 Å². The van der Waals surface area contributed by atoms with Crippen molar-refractivity contribution in [1.82, 2.24) is 4.57 Å². The monoisotopic (exact) mass is 361 g/mol. The predicted molar refractivity (Wildman–Crippen MR) is 118 cm³/mol. The minimum atomic E-state index is 1.00. The first-order valence-corrected chi connectivity index (χ1v) is 10.0. The van der Waals surface area contributed by atoms with Gasteiger partial charge in [0, 0.05) is 12.5 Å². The topological polar surface area (TPSA) is 8.81 Å². The van der Waals surface area contributed by atoms with E-state index in [2.05, 4.69) is 98.2 Å². The molecule has 1 aromatic heterocycles. The number of rotatable bonds is 9. The van der Waals surface area contributed by atoms with Crippen LogP contribution in [0, 0.1) is 6.92 Å². The van der Waals surface area contributed by atoms with Gasteiger partial charge in [0.25, 0.3) is 5.82 Å². The number of hydrogen-bond acceptors (Lipinski definition) is 0. The van der Waals surface area contributed by atoms with Gasteiger partial charge in [-0.25, -0.2) is 4.57 Å². The summed E-state index contributed by atoms with van der Waals surface area (Å²) in [7, 11) is 0. The first-order valence-electron chi connectivity index (χ1n) is 10.0. The average Bonchev–Trinajstić information content (AvgIpc) is 2.97. The lowest BCUT2D eigenvalue weighted by Crippen LogP contribution is -2.33. The van der Waals surface area contributed by atoms with Gasteiger partial charge in [0.05, 0.1) is 18.3 Å². The maximum atomic E-state index is 3.83. The van der Waals surface area contributed by atoms with E-state index in [1.165, 1.54) is 34.8 Å². The van der Waals surface area contributed by atoms with E-state index in [9.17, 15) is 0 Å². The van der Waals surface area contributed by atoms with Crippen molar-refractivity contribution in [2.24, 2.45) is 0 Å². The normalized spacial score (nSPS) is 12.4. The van der Waals surface area contributed by atoms with Gasteiger partial charge < -0.3 is 0 Å². The average molecular weight is 362 g/mol. The first kappa shape index (κ1) is 20.7. The van der Waals surface area contributed by atoms with E-state index in [0.29, 0.717) is 0 Å². The van der Waals surface area contributed by atoms with Gasteiger partial charge in [-0.3, -0.25) is 0 Å². The van der Waals surface area contributed by atoms with E-state index in [1.807, 2.05) is 12.2 Å². The molecule has 2 nitrogen and oxygen atoms in total. The molecule has 0 atom stereocenters. The van der Waals surface area contributed by atoms with Crippen molar-refractivity contribution < 1.29 is 4.57 Å². The second-order valence-electron chi connectivity index (χ2n) is 6.63. The van der Waals surface area contributed by atoms with Crippen LogP contribution in [0.2, 0.25) is 0 Å². The summed E-state index contributed by atoms with van der Waals surface area (Å²) in [5.41, 5.74) is 5.03. The fourth-order valence-corrected chi connectivity index (χ4v) is 3.36. The van der Waals surface area contributed by atoms with Crippen LogP contribution in [0.1, 0.15) is 51.6 Å². The van der Waals surface area contributed by atoms with Gasteiger partial charge in [-0.05, 0) is 31.9 Å². The Morgan fingerprint density at radius 2 is 1.93 bits per heavy atom. The van der Waals surface area contributed by atoms with E-state index in [0.717, 1.165) is 19.4 Å². The van der Waals surface area contributed by atoms with E-state index >= 15 is 0 Å². The number of benzene rings is 1. The standard InChI is InChI=1S/C25H33N2/c1-6-10-16-22(9-4)25-26(19-11-7-2)21(5)24(27(25)20-12-8-3)23-17-14-13-15-18-23/h6,9-11,13-19H,1,7-8,12,20H2,2-5H3/q+1/b16-10-,19-11+,22-9+. The van der Waals surface area contributed by atoms with E-state index in [4.69, 9.17) is 0 Å². The van der Waals surface area contributed by atoms with Crippen molar-refractivity contribution in [3.8, 4) is 11.3 Å². The maximum absolute atomic E-state index is 3.83. The second kappa shape index (κ2) is 10.5. The predicted octanol–water partition coefficient (Wildman–Crippen LogP) is 6.58. The van der Waals surface area contributed by atoms with Crippen molar-refractivity contribution in [2.75, 3.05) is 0 Å². The molecule has 0 aliphatic carbocycles. The highest BCUT2D eigenvalue weighted by Gasteiger charge is 2.29. The molecule has 0 fully saturated rings. The zero-order valence-corrected chi connectivity index (χ0v) is 17.3. The van der Waals surface area contributed by atoms with Gasteiger partial charge in [-0.1, -0.05) is 75.4 Å². The minimum Gasteiger partial charge on any atom is -0.222 e. The molecule has 2 rings (SSSR count). The van der Waals surface area contributed by atoms with E-state index in [-0.39, 0.29) is 0 Å². The van der Waals surface area contributed by atoms with Crippen molar-refractivity contribution in [1.29, 1.82) is 0 Å². The van der Waals surface area contributed by atoms with Crippen molar-refractivity contribution in [3.05, 3.63) is 78.8 Å². The minimum absolute atomic E-state index is 1.00. The third-order valence-electron chi connectivity index (χ3n) is 4.71. The number of hydrogen-bond donors (Lipinski definition) is 0. The molecule has 0 spiro atoms. The molecule has 27 heavy (non-hydrogen) atoms. The van der Waals surface area contributed by atoms with Crippen LogP contribution in [-0.2, 0) is 6.54 Å². The summed E-state index contributed by atoms with van der Waals surface area (Å²) in [5, 5.41) is 0. The molecule has 0 saturated heterocycles. The highest BCUT2D eigenvalue weighted by Crippen LogP contribution is 2.28. The summed E-state index contributed by atoms with van der Waals surface area (Å²) in [4.78, 5) is 0. The Balaban J connectivity index is 2.82. The van der Waals surface area contributed by atoms with E-state index < -0.39 is 0 Å². The smallest absolute Gasteiger partial charge is 0.222 e. The van der Waals surface area contributed by atoms with Crippen molar-refractivity contribution >= 4 is 11.8 Å². The number of aromatic nitrogens is 2. The van der Waals surface area contributed by atoms with Crippen LogP contribution in [0.5, 0.6) is 0 Å². The van der Waals surface area contributed by atoms with Crippen molar-refractivity contribution in [3.63, 3.8) is 0 Å². The Bertz CT molecular complexity index is 833. The van der Waals surface area contributed by atoms with Gasteiger partial charge in [-0.15, -0.1) is 0 Å². The summed E-state index contributed by atoms with van der Waals surface area (Å²) < 4.78 is 4.82. The summed E-state index contributed by atoms with van der Waals surface area (Å²) in [5.74, 6) is 1.23. The fraction of sp³-hybridized carbons (Fsp3) is 0.320. The molecule has 0 aliphatic heterocycles. The Morgan fingerprint density at radius 1 is 1.19 bits per heavy atom. The zero-order valence-electron chi connectivity index (χ0n) is 17.3. The summed E-state index contributed by atoms with van der Waals surface area (Å²) >= 11 is 0. The first-order chi connectivity index (χ1) is 13.2. The van der Waals surface area contributed by atoms with Crippen molar-refractivity contribution in [2.45, 2.75) is 53.5 Å². The third kappa shape index (κ3) is 4.77. The molecule has 0 unspecified atom stereocenters. The van der Waals surface area contributed by atoms with Crippen LogP contribution in [-0.4, -0.2) is 4.57 Å². The van der Waals surface area contributed by atoms with Gasteiger partial charge in [0.15, 0.2) is 11.4 Å². The molecule has 142 valence electrons. The zero-order chi connectivity index (χ0) is 19.6. The molecular weight excluding hydrogens is 328 g/mol. The molecule has 0 bridgehead atoms. The summed E-state index contributed by atoms with van der Waals surface area (Å²) in [6, 6.07) is 10.7. The summed E-state index contributed by atoms with van der Waals surface area (Å²) in [6.45, 7) is 13.6. The Hall–Kier alpha value is -2.61. The highest BCUT2D eigenvalue weighted by molar-refractivity contribution is 5.72. The second-order valence-corrected chi connectivity index (χ2v) is 6.63. The molecule has 1 heterocycles. The van der Waals surface area contributed by atoms with Gasteiger partial charge in [0.2, 0.25) is 0 Å². The molecule has 0 amide bonds. The Labute approximate surface area is 164 Å². The van der Waals surface area contributed by atoms with Crippen LogP contribution in [0.15, 0.2) is 67.3 Å². The quantitative estimate of drug-likeness (QED) is 0.352. The molecule has 0 aliphatic rings. The third-order valence-corrected chi connectivity index (χ3v) is 4.71. The number of allylic oxidation sites excluding steroid dienone is 6. The van der Waals surface area contributed by atoms with Gasteiger partial charge in [-0.2, -0.15) is 4.57 Å². The van der Waals surface area contributed by atoms with E-state index in [1.54, 1.807) is 0 Å². The highest BCUT2D eigenvalue weighted by atomic mass is 15.2. The van der Waals surface area contributed by atoms with Gasteiger partial charge in [0.1, 0.15) is 0 Å². The molecule has 1 aromatic carbocycles. The fourth-order valence-electron chi connectivity index (χ4n) is 3.36. The van der Waals surface area contributed by atoms with Crippen LogP contribution >= 0.6 is 0 Å².